The zero-order valence-corrected chi connectivity index (χ0v) is 7.73. The standard InChI is InChI=1S/C9H13NOS/c11-8-5-9(12)10-7-4-2-1-3-6(7)8/h5-7,11H,1-4H2,(H,10,12)/t6-,7-/m0/s1. The van der Waals surface area contributed by atoms with Gasteiger partial charge in [-0.25, -0.2) is 0 Å². The van der Waals surface area contributed by atoms with Gasteiger partial charge in [-0.1, -0.05) is 25.1 Å². The van der Waals surface area contributed by atoms with Crippen LogP contribution in [0.4, 0.5) is 0 Å². The van der Waals surface area contributed by atoms with Crippen LogP contribution in [0, 0.1) is 5.92 Å². The third kappa shape index (κ3) is 1.33. The van der Waals surface area contributed by atoms with E-state index < -0.39 is 0 Å². The van der Waals surface area contributed by atoms with Crippen molar-refractivity contribution in [2.24, 2.45) is 5.92 Å². The molecule has 1 aliphatic carbocycles. The van der Waals surface area contributed by atoms with Gasteiger partial charge >= 0.3 is 0 Å². The van der Waals surface area contributed by atoms with E-state index in [1.54, 1.807) is 6.08 Å². The van der Waals surface area contributed by atoms with E-state index in [1.807, 2.05) is 0 Å². The van der Waals surface area contributed by atoms with Crippen molar-refractivity contribution in [3.63, 3.8) is 0 Å². The highest BCUT2D eigenvalue weighted by molar-refractivity contribution is 7.80. The van der Waals surface area contributed by atoms with Crippen LogP contribution in [0.2, 0.25) is 0 Å². The SMILES string of the molecule is OC1=CC(=S)N[C@H]2CCCC[C@H]12. The normalized spacial score (nSPS) is 35.0. The maximum atomic E-state index is 9.61. The molecule has 2 rings (SSSR count). The number of aliphatic hydroxyl groups is 1. The van der Waals surface area contributed by atoms with E-state index in [0.29, 0.717) is 22.7 Å². The first-order valence-corrected chi connectivity index (χ1v) is 4.89. The Morgan fingerprint density at radius 3 is 3.00 bits per heavy atom. The molecule has 0 spiro atoms. The van der Waals surface area contributed by atoms with Crippen LogP contribution in [0.25, 0.3) is 0 Å². The van der Waals surface area contributed by atoms with E-state index >= 15 is 0 Å². The van der Waals surface area contributed by atoms with Crippen molar-refractivity contribution in [3.05, 3.63) is 11.8 Å². The average Bonchev–Trinajstić information content (AvgIpc) is 2.04. The fraction of sp³-hybridized carbons (Fsp3) is 0.667. The van der Waals surface area contributed by atoms with Gasteiger partial charge in [0.15, 0.2) is 0 Å². The van der Waals surface area contributed by atoms with Crippen molar-refractivity contribution in [1.82, 2.24) is 5.32 Å². The zero-order valence-electron chi connectivity index (χ0n) is 6.92. The molecule has 0 saturated heterocycles. The first-order valence-electron chi connectivity index (χ1n) is 4.48. The average molecular weight is 183 g/mol. The molecule has 66 valence electrons. The number of hydrogen-bond donors (Lipinski definition) is 2. The number of aliphatic hydroxyl groups excluding tert-OH is 1. The lowest BCUT2D eigenvalue weighted by Gasteiger charge is -2.35. The Labute approximate surface area is 77.7 Å². The third-order valence-corrected chi connectivity index (χ3v) is 2.99. The van der Waals surface area contributed by atoms with E-state index in [4.69, 9.17) is 12.2 Å². The van der Waals surface area contributed by atoms with Crippen LogP contribution in [-0.2, 0) is 0 Å². The minimum atomic E-state index is 0.324. The van der Waals surface area contributed by atoms with Gasteiger partial charge < -0.3 is 10.4 Å². The zero-order chi connectivity index (χ0) is 8.55. The van der Waals surface area contributed by atoms with Crippen molar-refractivity contribution >= 4 is 17.2 Å². The van der Waals surface area contributed by atoms with Gasteiger partial charge in [-0.2, -0.15) is 0 Å². The fourth-order valence-corrected chi connectivity index (χ4v) is 2.40. The van der Waals surface area contributed by atoms with Gasteiger partial charge in [0.05, 0.1) is 0 Å². The summed E-state index contributed by atoms with van der Waals surface area (Å²) in [5, 5.41) is 12.9. The molecule has 1 heterocycles. The molecule has 2 N–H and O–H groups in total. The summed E-state index contributed by atoms with van der Waals surface area (Å²) in [5.41, 5.74) is 0. The van der Waals surface area contributed by atoms with Crippen LogP contribution >= 0.6 is 12.2 Å². The van der Waals surface area contributed by atoms with Crippen LogP contribution < -0.4 is 5.32 Å². The molecule has 1 fully saturated rings. The number of hydrogen-bond acceptors (Lipinski definition) is 2. The second-order valence-electron chi connectivity index (χ2n) is 3.58. The van der Waals surface area contributed by atoms with Gasteiger partial charge in [-0.15, -0.1) is 0 Å². The lowest BCUT2D eigenvalue weighted by Crippen LogP contribution is -2.45. The smallest absolute Gasteiger partial charge is 0.102 e. The summed E-state index contributed by atoms with van der Waals surface area (Å²) in [4.78, 5) is 0.690. The molecule has 12 heavy (non-hydrogen) atoms. The van der Waals surface area contributed by atoms with Crippen LogP contribution in [0.5, 0.6) is 0 Å². The molecule has 0 bridgehead atoms. The monoisotopic (exact) mass is 183 g/mol. The predicted octanol–water partition coefficient (Wildman–Crippen LogP) is 1.92. The molecule has 2 atom stereocenters. The predicted molar refractivity (Wildman–Crippen MR) is 52.2 cm³/mol. The molecule has 0 aromatic rings. The van der Waals surface area contributed by atoms with E-state index in [1.165, 1.54) is 12.8 Å². The molecule has 1 saturated carbocycles. The highest BCUT2D eigenvalue weighted by atomic mass is 32.1. The third-order valence-electron chi connectivity index (χ3n) is 2.75. The van der Waals surface area contributed by atoms with E-state index in [9.17, 15) is 5.11 Å². The van der Waals surface area contributed by atoms with Crippen molar-refractivity contribution in [1.29, 1.82) is 0 Å². The Morgan fingerprint density at radius 2 is 2.17 bits per heavy atom. The summed E-state index contributed by atoms with van der Waals surface area (Å²) in [6.45, 7) is 0. The van der Waals surface area contributed by atoms with Crippen molar-refractivity contribution in [3.8, 4) is 0 Å². The maximum Gasteiger partial charge on any atom is 0.102 e. The van der Waals surface area contributed by atoms with Gasteiger partial charge in [0.25, 0.3) is 0 Å². The van der Waals surface area contributed by atoms with E-state index in [0.717, 1.165) is 12.8 Å². The summed E-state index contributed by atoms with van der Waals surface area (Å²) in [5.74, 6) is 0.814. The number of nitrogens with one attached hydrogen (secondary N) is 1. The van der Waals surface area contributed by atoms with Gasteiger partial charge in [0.2, 0.25) is 0 Å². The van der Waals surface area contributed by atoms with Gasteiger partial charge in [-0.05, 0) is 12.8 Å². The first kappa shape index (κ1) is 8.05. The lowest BCUT2D eigenvalue weighted by atomic mass is 9.81. The van der Waals surface area contributed by atoms with E-state index in [-0.39, 0.29) is 0 Å². The second-order valence-corrected chi connectivity index (χ2v) is 4.02. The molecule has 0 unspecified atom stereocenters. The van der Waals surface area contributed by atoms with Crippen LogP contribution in [0.1, 0.15) is 25.7 Å². The van der Waals surface area contributed by atoms with Crippen molar-refractivity contribution in [2.45, 2.75) is 31.7 Å². The van der Waals surface area contributed by atoms with Crippen LogP contribution in [-0.4, -0.2) is 16.1 Å². The Morgan fingerprint density at radius 1 is 1.42 bits per heavy atom. The molecular formula is C9H13NOS. The summed E-state index contributed by atoms with van der Waals surface area (Å²) in [7, 11) is 0. The Hall–Kier alpha value is -0.570. The minimum absolute atomic E-state index is 0.324. The lowest BCUT2D eigenvalue weighted by molar-refractivity contribution is 0.231. The molecule has 0 aromatic carbocycles. The highest BCUT2D eigenvalue weighted by Crippen LogP contribution is 2.31. The van der Waals surface area contributed by atoms with Crippen molar-refractivity contribution < 1.29 is 5.11 Å². The van der Waals surface area contributed by atoms with Gasteiger partial charge in [0.1, 0.15) is 10.7 Å². The number of thiocarbonyl (C=S) groups is 1. The molecule has 1 aliphatic heterocycles. The maximum absolute atomic E-state index is 9.61. The molecular weight excluding hydrogens is 170 g/mol. The topological polar surface area (TPSA) is 32.3 Å². The van der Waals surface area contributed by atoms with Crippen LogP contribution in [0.15, 0.2) is 11.8 Å². The summed E-state index contributed by atoms with van der Waals surface area (Å²) >= 11 is 5.00. The van der Waals surface area contributed by atoms with E-state index in [2.05, 4.69) is 5.32 Å². The molecule has 3 heteroatoms. The Kier molecular flexibility index (Phi) is 2.05. The summed E-state index contributed by atoms with van der Waals surface area (Å²) in [6, 6.07) is 0.399. The minimum Gasteiger partial charge on any atom is -0.512 e. The van der Waals surface area contributed by atoms with Crippen molar-refractivity contribution in [2.75, 3.05) is 0 Å². The molecule has 0 aromatic heterocycles. The Bertz CT molecular complexity index is 237. The number of fused-ring (bicyclic) bond motifs is 1. The number of rotatable bonds is 0. The fourth-order valence-electron chi connectivity index (χ4n) is 2.12. The largest absolute Gasteiger partial charge is 0.512 e. The first-order chi connectivity index (χ1) is 5.77. The van der Waals surface area contributed by atoms with Crippen LogP contribution in [0.3, 0.4) is 0 Å². The summed E-state index contributed by atoms with van der Waals surface area (Å²) in [6.07, 6.45) is 6.41. The molecule has 0 radical (unpaired) electrons. The molecule has 2 nitrogen and oxygen atoms in total. The highest BCUT2D eigenvalue weighted by Gasteiger charge is 2.31. The van der Waals surface area contributed by atoms with Gasteiger partial charge in [-0.3, -0.25) is 0 Å². The molecule has 0 amide bonds. The van der Waals surface area contributed by atoms with Gasteiger partial charge in [0, 0.05) is 18.0 Å². The quantitative estimate of drug-likeness (QED) is 0.563. The summed E-state index contributed by atoms with van der Waals surface area (Å²) < 4.78 is 0. The Balaban J connectivity index is 2.19. The molecule has 2 aliphatic rings. The second kappa shape index (κ2) is 3.05.